The fourth-order valence-corrected chi connectivity index (χ4v) is 6.36. The van der Waals surface area contributed by atoms with Crippen LogP contribution in [0.15, 0.2) is 96.4 Å². The Morgan fingerprint density at radius 1 is 0.652 bits per heavy atom. The molecule has 0 spiro atoms. The van der Waals surface area contributed by atoms with Gasteiger partial charge in [0.15, 0.2) is 0 Å². The molecule has 3 rings (SSSR count). The topological polar surface area (TPSA) is 0 Å². The van der Waals surface area contributed by atoms with Crippen LogP contribution in [0.1, 0.15) is 11.1 Å². The smallest absolute Gasteiger partial charge is 0.0913 e. The van der Waals surface area contributed by atoms with Crippen molar-refractivity contribution in [3.8, 4) is 0 Å². The van der Waals surface area contributed by atoms with Crippen molar-refractivity contribution in [1.29, 1.82) is 0 Å². The van der Waals surface area contributed by atoms with Crippen LogP contribution >= 0.6 is 0 Å². The average Bonchev–Trinajstić information content (AvgIpc) is 2.90. The third kappa shape index (κ3) is 2.80. The second-order valence-corrected chi connectivity index (χ2v) is 10.8. The quantitative estimate of drug-likeness (QED) is 0.601. The highest BCUT2D eigenvalue weighted by Gasteiger charge is 2.36. The first kappa shape index (κ1) is 15.5. The molecule has 1 aliphatic heterocycles. The highest BCUT2D eigenvalue weighted by molar-refractivity contribution is 6.95. The maximum atomic E-state index is 4.37. The van der Waals surface area contributed by atoms with Crippen LogP contribution in [0.3, 0.4) is 0 Å². The van der Waals surface area contributed by atoms with E-state index < -0.39 is 8.07 Å². The summed E-state index contributed by atoms with van der Waals surface area (Å²) in [6, 6.07) is 20.9. The number of hydrogen-bond acceptors (Lipinski definition) is 0. The summed E-state index contributed by atoms with van der Waals surface area (Å²) in [6.45, 7) is 13.5. The summed E-state index contributed by atoms with van der Waals surface area (Å²) in [6.07, 6.45) is 4.51. The summed E-state index contributed by atoms with van der Waals surface area (Å²) in [4.78, 5) is 0. The van der Waals surface area contributed by atoms with Gasteiger partial charge in [-0.1, -0.05) is 99.1 Å². The minimum Gasteiger partial charge on any atom is -0.0913 e. The highest BCUT2D eigenvalue weighted by Crippen LogP contribution is 2.42. The monoisotopic (exact) mass is 314 g/mol. The van der Waals surface area contributed by atoms with Crippen molar-refractivity contribution in [3.05, 3.63) is 107 Å². The van der Waals surface area contributed by atoms with E-state index in [0.717, 1.165) is 11.1 Å². The lowest BCUT2D eigenvalue weighted by molar-refractivity contribution is 1.58. The van der Waals surface area contributed by atoms with E-state index in [1.54, 1.807) is 0 Å². The second kappa shape index (κ2) is 6.02. The van der Waals surface area contributed by atoms with E-state index >= 15 is 0 Å². The molecule has 1 heterocycles. The largest absolute Gasteiger partial charge is 0.113 e. The Morgan fingerprint density at radius 3 is 1.35 bits per heavy atom. The van der Waals surface area contributed by atoms with Crippen LogP contribution < -0.4 is 0 Å². The van der Waals surface area contributed by atoms with Crippen molar-refractivity contribution in [2.24, 2.45) is 0 Å². The van der Waals surface area contributed by atoms with Crippen LogP contribution in [0.25, 0.3) is 11.1 Å². The van der Waals surface area contributed by atoms with E-state index in [-0.39, 0.29) is 0 Å². The molecule has 0 fully saturated rings. The Morgan fingerprint density at radius 2 is 1.00 bits per heavy atom. The van der Waals surface area contributed by atoms with Crippen LogP contribution in [-0.4, -0.2) is 8.07 Å². The Labute approximate surface area is 140 Å². The van der Waals surface area contributed by atoms with Gasteiger partial charge in [0.1, 0.15) is 8.07 Å². The predicted octanol–water partition coefficient (Wildman–Crippen LogP) is 6.07. The van der Waals surface area contributed by atoms with E-state index in [2.05, 4.69) is 86.9 Å². The molecule has 0 unspecified atom stereocenters. The fraction of sp³-hybridized carbons (Fsp3) is 0.0909. The number of rotatable bonds is 4. The molecule has 0 saturated heterocycles. The highest BCUT2D eigenvalue weighted by atomic mass is 28.3. The molecule has 0 amide bonds. The van der Waals surface area contributed by atoms with Crippen LogP contribution in [0, 0.1) is 0 Å². The van der Waals surface area contributed by atoms with Gasteiger partial charge in [0.25, 0.3) is 0 Å². The molecule has 0 N–H and O–H groups in total. The maximum absolute atomic E-state index is 4.37. The zero-order valence-corrected chi connectivity index (χ0v) is 14.8. The zero-order valence-electron chi connectivity index (χ0n) is 13.8. The van der Waals surface area contributed by atoms with E-state index in [0.29, 0.717) is 0 Å². The van der Waals surface area contributed by atoms with Gasteiger partial charge in [0.2, 0.25) is 0 Å². The van der Waals surface area contributed by atoms with Gasteiger partial charge in [0, 0.05) is 0 Å². The molecule has 0 atom stereocenters. The van der Waals surface area contributed by atoms with Crippen molar-refractivity contribution in [3.63, 3.8) is 0 Å². The standard InChI is InChI=1S/C22H22Si/c1-17(19-11-7-5-8-12-19)21-15-16-22(23(21,3)4)18(2)20-13-9-6-10-14-20/h5-16H,1-2H2,3-4H3. The molecule has 23 heavy (non-hydrogen) atoms. The van der Waals surface area contributed by atoms with Gasteiger partial charge >= 0.3 is 0 Å². The molecule has 1 heteroatoms. The molecule has 0 aromatic heterocycles. The van der Waals surface area contributed by atoms with Crippen molar-refractivity contribution < 1.29 is 0 Å². The van der Waals surface area contributed by atoms with E-state index in [1.807, 2.05) is 12.1 Å². The Kier molecular flexibility index (Phi) is 4.06. The summed E-state index contributed by atoms with van der Waals surface area (Å²) < 4.78 is 0. The minimum absolute atomic E-state index is 1.15. The average molecular weight is 315 g/mol. The number of hydrogen-bond donors (Lipinski definition) is 0. The van der Waals surface area contributed by atoms with Gasteiger partial charge in [-0.15, -0.1) is 0 Å². The van der Waals surface area contributed by atoms with Crippen LogP contribution in [0.5, 0.6) is 0 Å². The molecular weight excluding hydrogens is 292 g/mol. The molecule has 0 saturated carbocycles. The fourth-order valence-electron chi connectivity index (χ4n) is 3.27. The second-order valence-electron chi connectivity index (χ2n) is 6.47. The first-order chi connectivity index (χ1) is 11.0. The van der Waals surface area contributed by atoms with Crippen LogP contribution in [-0.2, 0) is 0 Å². The summed E-state index contributed by atoms with van der Waals surface area (Å²) in [5, 5.41) is 2.80. The van der Waals surface area contributed by atoms with E-state index in [1.165, 1.54) is 21.5 Å². The Bertz CT molecular complexity index is 736. The van der Waals surface area contributed by atoms with Gasteiger partial charge in [0.05, 0.1) is 0 Å². The summed E-state index contributed by atoms with van der Waals surface area (Å²) >= 11 is 0. The molecule has 0 nitrogen and oxygen atoms in total. The molecule has 0 radical (unpaired) electrons. The lowest BCUT2D eigenvalue weighted by Gasteiger charge is -2.28. The first-order valence-electron chi connectivity index (χ1n) is 7.94. The van der Waals surface area contributed by atoms with E-state index in [4.69, 9.17) is 0 Å². The summed E-state index contributed by atoms with van der Waals surface area (Å²) in [5.74, 6) is 0. The van der Waals surface area contributed by atoms with Crippen molar-refractivity contribution in [1.82, 2.24) is 0 Å². The number of allylic oxidation sites excluding steroid dienone is 6. The molecular formula is C22H22Si. The third-order valence-electron chi connectivity index (χ3n) is 4.66. The van der Waals surface area contributed by atoms with Crippen LogP contribution in [0.2, 0.25) is 13.1 Å². The molecule has 0 aliphatic carbocycles. The van der Waals surface area contributed by atoms with Gasteiger partial charge < -0.3 is 0 Å². The van der Waals surface area contributed by atoms with E-state index in [9.17, 15) is 0 Å². The Hall–Kier alpha value is -2.38. The summed E-state index contributed by atoms with van der Waals surface area (Å²) in [7, 11) is -1.77. The Balaban J connectivity index is 1.89. The van der Waals surface area contributed by atoms with Gasteiger partial charge in [-0.2, -0.15) is 0 Å². The van der Waals surface area contributed by atoms with Gasteiger partial charge in [-0.25, -0.2) is 0 Å². The van der Waals surface area contributed by atoms with Crippen molar-refractivity contribution in [2.75, 3.05) is 0 Å². The van der Waals surface area contributed by atoms with Gasteiger partial charge in [-0.3, -0.25) is 0 Å². The maximum Gasteiger partial charge on any atom is 0.113 e. The summed E-state index contributed by atoms with van der Waals surface area (Å²) in [5.41, 5.74) is 4.71. The predicted molar refractivity (Wildman–Crippen MR) is 105 cm³/mol. The minimum atomic E-state index is -1.77. The third-order valence-corrected chi connectivity index (χ3v) is 8.29. The lowest BCUT2D eigenvalue weighted by atomic mass is 10.1. The molecule has 2 aromatic carbocycles. The van der Waals surface area contributed by atoms with Gasteiger partial charge in [-0.05, 0) is 32.7 Å². The zero-order chi connectivity index (χ0) is 16.4. The lowest BCUT2D eigenvalue weighted by Crippen LogP contribution is -2.31. The molecule has 0 bridgehead atoms. The normalized spacial score (nSPS) is 15.7. The van der Waals surface area contributed by atoms with Crippen molar-refractivity contribution in [2.45, 2.75) is 13.1 Å². The molecule has 114 valence electrons. The number of benzene rings is 2. The SMILES string of the molecule is C=C(C1=CC=C(C(=C)c2ccccc2)[Si]1(C)C)c1ccccc1. The first-order valence-corrected chi connectivity index (χ1v) is 10.9. The molecule has 1 aliphatic rings. The van der Waals surface area contributed by atoms with Crippen LogP contribution in [0.4, 0.5) is 0 Å². The molecule has 2 aromatic rings. The van der Waals surface area contributed by atoms with Crippen molar-refractivity contribution >= 4 is 19.2 Å².